The zero-order valence-corrected chi connectivity index (χ0v) is 12.2. The molecule has 0 saturated heterocycles. The summed E-state index contributed by atoms with van der Waals surface area (Å²) in [5, 5.41) is 0. The predicted octanol–water partition coefficient (Wildman–Crippen LogP) is 3.30. The van der Waals surface area contributed by atoms with E-state index in [1.54, 1.807) is 25.1 Å². The number of ether oxygens (including phenoxy) is 1. The van der Waals surface area contributed by atoms with Crippen LogP contribution in [0.3, 0.4) is 0 Å². The monoisotopic (exact) mass is 316 g/mol. The van der Waals surface area contributed by atoms with Crippen LogP contribution in [0.1, 0.15) is 24.2 Å². The quantitative estimate of drug-likeness (QED) is 0.281. The maximum Gasteiger partial charge on any atom is 0.308 e. The number of benzene rings is 1. The zero-order chi connectivity index (χ0) is 13.0. The summed E-state index contributed by atoms with van der Waals surface area (Å²) >= 11 is 4.68. The van der Waals surface area contributed by atoms with Crippen LogP contribution in [0.4, 0.5) is 0 Å². The third-order valence-electron chi connectivity index (χ3n) is 2.06. The van der Waals surface area contributed by atoms with Gasteiger partial charge in [-0.15, -0.1) is 11.8 Å². The van der Waals surface area contributed by atoms with Crippen molar-refractivity contribution in [2.24, 2.45) is 0 Å². The van der Waals surface area contributed by atoms with Gasteiger partial charge in [0, 0.05) is 12.5 Å². The van der Waals surface area contributed by atoms with Crippen molar-refractivity contribution < 1.29 is 14.3 Å². The molecule has 0 spiro atoms. The summed E-state index contributed by atoms with van der Waals surface area (Å²) in [4.78, 5) is 23.2. The molecule has 0 aliphatic carbocycles. The molecule has 5 heteroatoms. The molecule has 0 aromatic heterocycles. The number of carbonyl (C=O) groups excluding carboxylic acids is 2. The number of thioether (sulfide) groups is 1. The molecular formula is C12H13BrO3S. The summed E-state index contributed by atoms with van der Waals surface area (Å²) in [6.07, 6.45) is 1.87. The Bertz CT molecular complexity index is 443. The summed E-state index contributed by atoms with van der Waals surface area (Å²) in [6.45, 7) is 3.13. The SMILES string of the molecule is CSc1cc(C(=O)C(C)Br)ccc1OC(C)=O. The molecule has 1 aromatic rings. The second-order valence-electron chi connectivity index (χ2n) is 3.44. The molecule has 1 rings (SSSR count). The standard InChI is InChI=1S/C12H13BrO3S/c1-7(13)12(15)9-4-5-10(16-8(2)14)11(6-9)17-3/h4-7H,1-3H3. The van der Waals surface area contributed by atoms with Crippen LogP contribution < -0.4 is 4.74 Å². The van der Waals surface area contributed by atoms with Gasteiger partial charge in [0.1, 0.15) is 5.75 Å². The second-order valence-corrected chi connectivity index (χ2v) is 5.66. The summed E-state index contributed by atoms with van der Waals surface area (Å²) in [5.74, 6) is 0.131. The summed E-state index contributed by atoms with van der Waals surface area (Å²) in [6, 6.07) is 5.05. The average molecular weight is 317 g/mol. The highest BCUT2D eigenvalue weighted by Crippen LogP contribution is 2.29. The van der Waals surface area contributed by atoms with Gasteiger partial charge in [0.2, 0.25) is 0 Å². The van der Waals surface area contributed by atoms with Gasteiger partial charge in [0.15, 0.2) is 5.78 Å². The number of alkyl halides is 1. The van der Waals surface area contributed by atoms with Crippen molar-refractivity contribution in [3.8, 4) is 5.75 Å². The minimum atomic E-state index is -0.367. The fourth-order valence-electron chi connectivity index (χ4n) is 1.29. The summed E-state index contributed by atoms with van der Waals surface area (Å²) in [7, 11) is 0. The van der Waals surface area contributed by atoms with Gasteiger partial charge in [-0.2, -0.15) is 0 Å². The van der Waals surface area contributed by atoms with E-state index in [9.17, 15) is 9.59 Å². The number of hydrogen-bond acceptors (Lipinski definition) is 4. The molecule has 0 aliphatic heterocycles. The van der Waals surface area contributed by atoms with Gasteiger partial charge in [-0.1, -0.05) is 15.9 Å². The van der Waals surface area contributed by atoms with Gasteiger partial charge in [0.05, 0.1) is 9.72 Å². The lowest BCUT2D eigenvalue weighted by Crippen LogP contribution is -2.10. The van der Waals surface area contributed by atoms with E-state index >= 15 is 0 Å². The minimum absolute atomic E-state index is 0.00896. The number of ketones is 1. The largest absolute Gasteiger partial charge is 0.426 e. The Hall–Kier alpha value is -0.810. The number of carbonyl (C=O) groups is 2. The van der Waals surface area contributed by atoms with Crippen LogP contribution in [0.25, 0.3) is 0 Å². The van der Waals surface area contributed by atoms with E-state index in [0.29, 0.717) is 11.3 Å². The molecule has 0 heterocycles. The van der Waals surface area contributed by atoms with Crippen LogP contribution in [-0.4, -0.2) is 22.8 Å². The average Bonchev–Trinajstić information content (AvgIpc) is 2.27. The normalized spacial score (nSPS) is 12.0. The van der Waals surface area contributed by atoms with Gasteiger partial charge < -0.3 is 4.74 Å². The van der Waals surface area contributed by atoms with Crippen LogP contribution >= 0.6 is 27.7 Å². The molecule has 92 valence electrons. The second kappa shape index (κ2) is 6.21. The molecule has 0 saturated carbocycles. The highest BCUT2D eigenvalue weighted by molar-refractivity contribution is 9.10. The molecule has 17 heavy (non-hydrogen) atoms. The molecule has 1 atom stereocenters. The predicted molar refractivity (Wildman–Crippen MR) is 72.3 cm³/mol. The van der Waals surface area contributed by atoms with E-state index in [2.05, 4.69) is 15.9 Å². The van der Waals surface area contributed by atoms with Gasteiger partial charge in [-0.3, -0.25) is 9.59 Å². The van der Waals surface area contributed by atoms with E-state index in [-0.39, 0.29) is 16.6 Å². The molecule has 0 aliphatic rings. The van der Waals surface area contributed by atoms with Crippen molar-refractivity contribution in [3.05, 3.63) is 23.8 Å². The molecular weight excluding hydrogens is 304 g/mol. The molecule has 0 fully saturated rings. The van der Waals surface area contributed by atoms with E-state index in [0.717, 1.165) is 4.90 Å². The van der Waals surface area contributed by atoms with E-state index < -0.39 is 0 Å². The van der Waals surface area contributed by atoms with E-state index in [1.807, 2.05) is 6.26 Å². The smallest absolute Gasteiger partial charge is 0.308 e. The highest BCUT2D eigenvalue weighted by Gasteiger charge is 2.14. The molecule has 0 amide bonds. The van der Waals surface area contributed by atoms with Crippen molar-refractivity contribution in [3.63, 3.8) is 0 Å². The van der Waals surface area contributed by atoms with Crippen LogP contribution in [0.2, 0.25) is 0 Å². The Morgan fingerprint density at radius 3 is 2.53 bits per heavy atom. The topological polar surface area (TPSA) is 43.4 Å². The van der Waals surface area contributed by atoms with Gasteiger partial charge >= 0.3 is 5.97 Å². The van der Waals surface area contributed by atoms with Gasteiger partial charge in [-0.05, 0) is 31.4 Å². The fourth-order valence-corrected chi connectivity index (χ4v) is 2.11. The first-order valence-corrected chi connectivity index (χ1v) is 7.14. The fraction of sp³-hybridized carbons (Fsp3) is 0.333. The molecule has 0 radical (unpaired) electrons. The maximum absolute atomic E-state index is 11.8. The lowest BCUT2D eigenvalue weighted by molar-refractivity contribution is -0.132. The van der Waals surface area contributed by atoms with Crippen molar-refractivity contribution >= 4 is 39.4 Å². The number of Topliss-reactive ketones (excluding diaryl/α,β-unsaturated/α-hetero) is 1. The Morgan fingerprint density at radius 2 is 2.06 bits per heavy atom. The van der Waals surface area contributed by atoms with Crippen molar-refractivity contribution in [1.29, 1.82) is 0 Å². The molecule has 3 nitrogen and oxygen atoms in total. The zero-order valence-electron chi connectivity index (χ0n) is 9.82. The van der Waals surface area contributed by atoms with Crippen molar-refractivity contribution in [2.45, 2.75) is 23.6 Å². The van der Waals surface area contributed by atoms with Crippen LogP contribution in [0, 0.1) is 0 Å². The van der Waals surface area contributed by atoms with Crippen molar-refractivity contribution in [1.82, 2.24) is 0 Å². The first kappa shape index (κ1) is 14.3. The maximum atomic E-state index is 11.8. The summed E-state index contributed by atoms with van der Waals surface area (Å²) < 4.78 is 5.05. The lowest BCUT2D eigenvalue weighted by atomic mass is 10.1. The molecule has 1 unspecified atom stereocenters. The number of esters is 1. The number of halogens is 1. The van der Waals surface area contributed by atoms with E-state index in [1.165, 1.54) is 18.7 Å². The highest BCUT2D eigenvalue weighted by atomic mass is 79.9. The lowest BCUT2D eigenvalue weighted by Gasteiger charge is -2.09. The van der Waals surface area contributed by atoms with E-state index in [4.69, 9.17) is 4.74 Å². The van der Waals surface area contributed by atoms with Crippen LogP contribution in [-0.2, 0) is 4.79 Å². The minimum Gasteiger partial charge on any atom is -0.426 e. The van der Waals surface area contributed by atoms with Gasteiger partial charge in [0.25, 0.3) is 0 Å². The molecule has 1 aromatic carbocycles. The third kappa shape index (κ3) is 3.85. The van der Waals surface area contributed by atoms with Crippen LogP contribution in [0.15, 0.2) is 23.1 Å². The first-order chi connectivity index (χ1) is 7.95. The Balaban J connectivity index is 3.08. The van der Waals surface area contributed by atoms with Crippen molar-refractivity contribution in [2.75, 3.05) is 6.26 Å². The number of rotatable bonds is 4. The Kier molecular flexibility index (Phi) is 5.21. The molecule has 0 bridgehead atoms. The Morgan fingerprint density at radius 1 is 1.41 bits per heavy atom. The Labute approximate surface area is 113 Å². The first-order valence-electron chi connectivity index (χ1n) is 5.00. The molecule has 0 N–H and O–H groups in total. The van der Waals surface area contributed by atoms with Crippen LogP contribution in [0.5, 0.6) is 5.75 Å². The third-order valence-corrected chi connectivity index (χ3v) is 3.24. The number of hydrogen-bond donors (Lipinski definition) is 0. The summed E-state index contributed by atoms with van der Waals surface area (Å²) in [5.41, 5.74) is 0.606. The van der Waals surface area contributed by atoms with Gasteiger partial charge in [-0.25, -0.2) is 0 Å².